The average molecular weight is 398 g/mol. The molecule has 3 heterocycles. The van der Waals surface area contributed by atoms with Crippen molar-refractivity contribution in [3.63, 3.8) is 0 Å². The first kappa shape index (κ1) is 18.8. The van der Waals surface area contributed by atoms with Gasteiger partial charge in [-0.05, 0) is 44.4 Å². The molecule has 1 saturated carbocycles. The molecule has 5 nitrogen and oxygen atoms in total. The predicted octanol–water partition coefficient (Wildman–Crippen LogP) is 2.90. The molecule has 0 radical (unpaired) electrons. The third-order valence-corrected chi connectivity index (χ3v) is 7.27. The fourth-order valence-corrected chi connectivity index (χ4v) is 5.82. The number of nitrogens with zero attached hydrogens (tertiary/aromatic N) is 1. The molecule has 1 aromatic rings. The predicted molar refractivity (Wildman–Crippen MR) is 105 cm³/mol. The first-order valence-corrected chi connectivity index (χ1v) is 10.6. The normalized spacial score (nSPS) is 34.3. The Bertz CT molecular complexity index is 875. The average Bonchev–Trinajstić information content (AvgIpc) is 3.44. The molecule has 2 amide bonds. The van der Waals surface area contributed by atoms with Crippen molar-refractivity contribution in [2.24, 2.45) is 11.8 Å². The first-order valence-electron chi connectivity index (χ1n) is 10.6. The van der Waals surface area contributed by atoms with E-state index in [4.69, 9.17) is 4.74 Å². The molecule has 1 aromatic carbocycles. The Morgan fingerprint density at radius 2 is 1.93 bits per heavy atom. The number of halogens is 1. The number of hydrogen-bond donors (Lipinski definition) is 1. The highest BCUT2D eigenvalue weighted by molar-refractivity contribution is 5.93. The van der Waals surface area contributed by atoms with E-state index in [9.17, 15) is 14.0 Å². The Morgan fingerprint density at radius 3 is 2.59 bits per heavy atom. The third kappa shape index (κ3) is 2.68. The summed E-state index contributed by atoms with van der Waals surface area (Å²) < 4.78 is 19.6. The molecule has 5 rings (SSSR count). The third-order valence-electron chi connectivity index (χ3n) is 7.27. The van der Waals surface area contributed by atoms with E-state index < -0.39 is 23.0 Å². The summed E-state index contributed by atoms with van der Waals surface area (Å²) in [6, 6.07) is 6.49. The zero-order valence-corrected chi connectivity index (χ0v) is 16.9. The van der Waals surface area contributed by atoms with Gasteiger partial charge in [0.25, 0.3) is 0 Å². The number of rotatable bonds is 4. The number of carbonyl (C=O) groups is 2. The lowest BCUT2D eigenvalue weighted by atomic mass is 9.76. The number of nitrogens with one attached hydrogen (secondary N) is 1. The van der Waals surface area contributed by atoms with Gasteiger partial charge in [-0.15, -0.1) is 0 Å². The van der Waals surface area contributed by atoms with Crippen molar-refractivity contribution < 1.29 is 18.7 Å². The van der Waals surface area contributed by atoms with Gasteiger partial charge in [0.2, 0.25) is 11.8 Å². The SMILES string of the molecule is CC(C)N1C[C@@]23C=C[C@@H](O2)[C@@H](C(=O)NC2(c4ccc(F)cc4)CCCC2)[C@@H]3C1=O. The maximum Gasteiger partial charge on any atom is 0.230 e. The molecule has 0 unspecified atom stereocenters. The van der Waals surface area contributed by atoms with E-state index in [1.54, 1.807) is 12.1 Å². The summed E-state index contributed by atoms with van der Waals surface area (Å²) in [4.78, 5) is 28.5. The highest BCUT2D eigenvalue weighted by atomic mass is 19.1. The van der Waals surface area contributed by atoms with Crippen LogP contribution in [0.3, 0.4) is 0 Å². The van der Waals surface area contributed by atoms with Crippen molar-refractivity contribution in [3.05, 3.63) is 47.8 Å². The number of hydrogen-bond acceptors (Lipinski definition) is 3. The smallest absolute Gasteiger partial charge is 0.230 e. The van der Waals surface area contributed by atoms with Crippen molar-refractivity contribution in [1.29, 1.82) is 0 Å². The Morgan fingerprint density at radius 1 is 1.24 bits per heavy atom. The van der Waals surface area contributed by atoms with Gasteiger partial charge in [0.05, 0.1) is 30.0 Å². The second-order valence-electron chi connectivity index (χ2n) is 9.25. The summed E-state index contributed by atoms with van der Waals surface area (Å²) in [7, 11) is 0. The molecule has 2 bridgehead atoms. The summed E-state index contributed by atoms with van der Waals surface area (Å²) >= 11 is 0. The summed E-state index contributed by atoms with van der Waals surface area (Å²) in [6.45, 7) is 4.49. The second kappa shape index (κ2) is 6.39. The van der Waals surface area contributed by atoms with Crippen molar-refractivity contribution >= 4 is 11.8 Å². The molecule has 0 aromatic heterocycles. The lowest BCUT2D eigenvalue weighted by Crippen LogP contribution is -2.51. The van der Waals surface area contributed by atoms with Crippen LogP contribution in [0.25, 0.3) is 0 Å². The summed E-state index contributed by atoms with van der Waals surface area (Å²) in [6.07, 6.45) is 7.23. The minimum atomic E-state index is -0.674. The van der Waals surface area contributed by atoms with Crippen LogP contribution in [0.5, 0.6) is 0 Å². The van der Waals surface area contributed by atoms with Crippen LogP contribution >= 0.6 is 0 Å². The highest BCUT2D eigenvalue weighted by Crippen LogP contribution is 2.52. The van der Waals surface area contributed by atoms with Crippen molar-refractivity contribution in [2.75, 3.05) is 6.54 Å². The van der Waals surface area contributed by atoms with Crippen LogP contribution in [-0.4, -0.2) is 41.0 Å². The Kier molecular flexibility index (Phi) is 4.14. The lowest BCUT2D eigenvalue weighted by molar-refractivity contribution is -0.139. The molecular formula is C23H27FN2O3. The van der Waals surface area contributed by atoms with Crippen LogP contribution < -0.4 is 5.32 Å². The lowest BCUT2D eigenvalue weighted by Gasteiger charge is -2.34. The Balaban J connectivity index is 1.44. The molecule has 3 fully saturated rings. The van der Waals surface area contributed by atoms with Crippen LogP contribution in [0.2, 0.25) is 0 Å². The molecule has 154 valence electrons. The van der Waals surface area contributed by atoms with Gasteiger partial charge in [0, 0.05) is 6.04 Å². The number of fused-ring (bicyclic) bond motifs is 1. The van der Waals surface area contributed by atoms with E-state index in [0.29, 0.717) is 6.54 Å². The molecule has 3 aliphatic heterocycles. The van der Waals surface area contributed by atoms with E-state index in [0.717, 1.165) is 31.2 Å². The van der Waals surface area contributed by atoms with Gasteiger partial charge in [-0.3, -0.25) is 9.59 Å². The van der Waals surface area contributed by atoms with Gasteiger partial charge < -0.3 is 15.0 Å². The molecule has 1 spiro atoms. The summed E-state index contributed by atoms with van der Waals surface area (Å²) in [5.41, 5.74) is -0.240. The van der Waals surface area contributed by atoms with Crippen LogP contribution in [0, 0.1) is 17.7 Å². The van der Waals surface area contributed by atoms with Crippen LogP contribution in [0.1, 0.15) is 45.1 Å². The molecule has 1 aliphatic carbocycles. The largest absolute Gasteiger partial charge is 0.360 e. The van der Waals surface area contributed by atoms with Crippen LogP contribution in [0.15, 0.2) is 36.4 Å². The second-order valence-corrected chi connectivity index (χ2v) is 9.25. The van der Waals surface area contributed by atoms with Gasteiger partial charge in [-0.1, -0.05) is 37.1 Å². The molecule has 4 atom stereocenters. The molecule has 6 heteroatoms. The Hall–Kier alpha value is -2.21. The van der Waals surface area contributed by atoms with Gasteiger partial charge in [0.1, 0.15) is 11.4 Å². The Labute approximate surface area is 170 Å². The van der Waals surface area contributed by atoms with Crippen molar-refractivity contribution in [1.82, 2.24) is 10.2 Å². The van der Waals surface area contributed by atoms with E-state index in [-0.39, 0.29) is 29.8 Å². The molecule has 29 heavy (non-hydrogen) atoms. The van der Waals surface area contributed by atoms with Crippen LogP contribution in [-0.2, 0) is 19.9 Å². The van der Waals surface area contributed by atoms with Gasteiger partial charge in [-0.2, -0.15) is 0 Å². The van der Waals surface area contributed by atoms with Crippen molar-refractivity contribution in [3.8, 4) is 0 Å². The van der Waals surface area contributed by atoms with E-state index in [2.05, 4.69) is 5.32 Å². The molecular weight excluding hydrogens is 371 g/mol. The standard InChI is InChI=1S/C23H27FN2O3/c1-14(2)26-13-23-12-9-17(29-23)18(19(23)21(26)28)20(27)25-22(10-3-4-11-22)15-5-7-16(24)8-6-15/h5-9,12,14,17-19H,3-4,10-11,13H2,1-2H3,(H,25,27)/t17-,18-,19-,23-/m1/s1. The molecule has 4 aliphatic rings. The van der Waals surface area contributed by atoms with Gasteiger partial charge in [0.15, 0.2) is 0 Å². The van der Waals surface area contributed by atoms with E-state index in [1.165, 1.54) is 12.1 Å². The number of likely N-dealkylation sites (tertiary alicyclic amines) is 1. The number of ether oxygens (including phenoxy) is 1. The summed E-state index contributed by atoms with van der Waals surface area (Å²) in [5, 5.41) is 3.28. The number of benzene rings is 1. The maximum atomic E-state index is 13.5. The topological polar surface area (TPSA) is 58.6 Å². The first-order chi connectivity index (χ1) is 13.9. The number of amides is 2. The maximum absolute atomic E-state index is 13.5. The minimum Gasteiger partial charge on any atom is -0.360 e. The monoisotopic (exact) mass is 398 g/mol. The highest BCUT2D eigenvalue weighted by Gasteiger charge is 2.67. The van der Waals surface area contributed by atoms with E-state index in [1.807, 2.05) is 30.9 Å². The molecule has 1 N–H and O–H groups in total. The fourth-order valence-electron chi connectivity index (χ4n) is 5.82. The van der Waals surface area contributed by atoms with Crippen LogP contribution in [0.4, 0.5) is 4.39 Å². The quantitative estimate of drug-likeness (QED) is 0.794. The minimum absolute atomic E-state index is 0.00857. The van der Waals surface area contributed by atoms with Gasteiger partial charge >= 0.3 is 0 Å². The number of carbonyl (C=O) groups excluding carboxylic acids is 2. The molecule has 2 saturated heterocycles. The van der Waals surface area contributed by atoms with Crippen molar-refractivity contribution in [2.45, 2.75) is 62.8 Å². The zero-order valence-electron chi connectivity index (χ0n) is 16.9. The zero-order chi connectivity index (χ0) is 20.4. The summed E-state index contributed by atoms with van der Waals surface area (Å²) in [5.74, 6) is -1.39. The van der Waals surface area contributed by atoms with Gasteiger partial charge in [-0.25, -0.2) is 4.39 Å². The fraction of sp³-hybridized carbons (Fsp3) is 0.565. The van der Waals surface area contributed by atoms with E-state index >= 15 is 0 Å².